The maximum absolute atomic E-state index is 13.0. The van der Waals surface area contributed by atoms with E-state index in [0.29, 0.717) is 15.9 Å². The van der Waals surface area contributed by atoms with Crippen molar-refractivity contribution in [1.29, 1.82) is 0 Å². The maximum Gasteiger partial charge on any atom is 0.393 e. The largest absolute Gasteiger partial charge is 0.393 e. The fourth-order valence-electron chi connectivity index (χ4n) is 2.58. The Labute approximate surface area is 145 Å². The quantitative estimate of drug-likeness (QED) is 0.758. The third kappa shape index (κ3) is 3.56. The number of aromatic nitrogens is 2. The highest BCUT2D eigenvalue weighted by atomic mass is 35.5. The topological polar surface area (TPSA) is 68.9 Å². The van der Waals surface area contributed by atoms with Crippen molar-refractivity contribution < 1.29 is 18.0 Å². The molecule has 2 aromatic heterocycles. The average Bonchev–Trinajstić information content (AvgIpc) is 2.53. The van der Waals surface area contributed by atoms with Gasteiger partial charge in [0.05, 0.1) is 22.7 Å². The minimum absolute atomic E-state index is 0.0141. The molecule has 0 aliphatic rings. The molecule has 3 rings (SSSR count). The predicted octanol–water partition coefficient (Wildman–Crippen LogP) is 4.15. The van der Waals surface area contributed by atoms with Crippen molar-refractivity contribution in [2.24, 2.45) is 5.73 Å². The Balaban J connectivity index is 2.34. The zero-order valence-electron chi connectivity index (χ0n) is 12.6. The van der Waals surface area contributed by atoms with Gasteiger partial charge in [0, 0.05) is 17.1 Å². The highest BCUT2D eigenvalue weighted by Crippen LogP contribution is 2.33. The Bertz CT molecular complexity index is 973. The number of rotatable bonds is 3. The highest BCUT2D eigenvalue weighted by Gasteiger charge is 2.30. The normalized spacial score (nSPS) is 11.7. The smallest absolute Gasteiger partial charge is 0.364 e. The number of hydrogen-bond donors (Lipinski definition) is 1. The van der Waals surface area contributed by atoms with E-state index in [-0.39, 0.29) is 22.5 Å². The first-order chi connectivity index (χ1) is 11.8. The third-order valence-electron chi connectivity index (χ3n) is 3.56. The molecule has 0 bridgehead atoms. The van der Waals surface area contributed by atoms with E-state index in [1.54, 1.807) is 18.2 Å². The monoisotopic (exact) mass is 365 g/mol. The number of nitrogens with zero attached hydrogens (tertiary/aromatic N) is 2. The minimum Gasteiger partial charge on any atom is -0.364 e. The minimum atomic E-state index is -4.45. The van der Waals surface area contributed by atoms with Crippen LogP contribution >= 0.6 is 11.6 Å². The van der Waals surface area contributed by atoms with Crippen LogP contribution < -0.4 is 5.73 Å². The lowest BCUT2D eigenvalue weighted by Gasteiger charge is -2.14. The van der Waals surface area contributed by atoms with Crippen molar-refractivity contribution in [2.75, 3.05) is 0 Å². The van der Waals surface area contributed by atoms with Crippen LogP contribution in [0.3, 0.4) is 0 Å². The number of fused-ring (bicyclic) bond motifs is 1. The molecule has 128 valence electrons. The summed E-state index contributed by atoms with van der Waals surface area (Å²) in [5, 5.41) is 0.766. The van der Waals surface area contributed by atoms with Gasteiger partial charge < -0.3 is 5.73 Å². The molecule has 0 spiro atoms. The van der Waals surface area contributed by atoms with E-state index < -0.39 is 18.5 Å². The summed E-state index contributed by atoms with van der Waals surface area (Å²) in [6.45, 7) is 0. The van der Waals surface area contributed by atoms with E-state index in [4.69, 9.17) is 17.3 Å². The van der Waals surface area contributed by atoms with Gasteiger partial charge in [0.15, 0.2) is 0 Å². The fraction of sp³-hybridized carbons (Fsp3) is 0.118. The number of pyridine rings is 2. The first kappa shape index (κ1) is 17.2. The highest BCUT2D eigenvalue weighted by molar-refractivity contribution is 6.35. The first-order valence-corrected chi connectivity index (χ1v) is 7.54. The average molecular weight is 366 g/mol. The van der Waals surface area contributed by atoms with Crippen LogP contribution in [0.25, 0.3) is 22.2 Å². The van der Waals surface area contributed by atoms with Crippen LogP contribution in [0.15, 0.2) is 42.6 Å². The molecule has 8 heteroatoms. The summed E-state index contributed by atoms with van der Waals surface area (Å²) in [7, 11) is 0. The molecule has 2 N–H and O–H groups in total. The van der Waals surface area contributed by atoms with Crippen LogP contribution in [0, 0.1) is 0 Å². The Kier molecular flexibility index (Phi) is 4.34. The van der Waals surface area contributed by atoms with Crippen molar-refractivity contribution in [1.82, 2.24) is 9.97 Å². The van der Waals surface area contributed by atoms with Crippen LogP contribution in [0.1, 0.15) is 16.1 Å². The number of carbonyl (C=O) groups excluding carboxylic acids is 1. The predicted molar refractivity (Wildman–Crippen MR) is 88.3 cm³/mol. The second-order valence-corrected chi connectivity index (χ2v) is 5.77. The van der Waals surface area contributed by atoms with Gasteiger partial charge in [-0.2, -0.15) is 13.2 Å². The summed E-state index contributed by atoms with van der Waals surface area (Å²) in [6.07, 6.45) is -4.32. The van der Waals surface area contributed by atoms with Crippen LogP contribution in [0.2, 0.25) is 5.02 Å². The van der Waals surface area contributed by atoms with Gasteiger partial charge in [-0.3, -0.25) is 9.78 Å². The Hall–Kier alpha value is -2.67. The maximum atomic E-state index is 13.0. The summed E-state index contributed by atoms with van der Waals surface area (Å²) in [6, 6.07) is 9.16. The Morgan fingerprint density at radius 3 is 2.64 bits per heavy atom. The van der Waals surface area contributed by atoms with Gasteiger partial charge in [-0.15, -0.1) is 0 Å². The molecule has 0 atom stereocenters. The van der Waals surface area contributed by atoms with Crippen LogP contribution in [0.4, 0.5) is 13.2 Å². The lowest BCUT2D eigenvalue weighted by molar-refractivity contribution is -0.127. The SMILES string of the molecule is NC(=O)c1ncccc1-c1nc2c(Cl)cccc2cc1CC(F)(F)F. The van der Waals surface area contributed by atoms with Crippen molar-refractivity contribution in [3.8, 4) is 11.3 Å². The van der Waals surface area contributed by atoms with Gasteiger partial charge in [0.2, 0.25) is 0 Å². The molecule has 2 heterocycles. The summed E-state index contributed by atoms with van der Waals surface area (Å²) in [4.78, 5) is 19.8. The molecule has 0 unspecified atom stereocenters. The van der Waals surface area contributed by atoms with E-state index in [1.807, 2.05) is 0 Å². The van der Waals surface area contributed by atoms with E-state index in [2.05, 4.69) is 9.97 Å². The van der Waals surface area contributed by atoms with Gasteiger partial charge in [0.1, 0.15) is 5.69 Å². The fourth-order valence-corrected chi connectivity index (χ4v) is 2.81. The van der Waals surface area contributed by atoms with Crippen LogP contribution in [-0.4, -0.2) is 22.1 Å². The molecular formula is C17H11ClF3N3O. The van der Waals surface area contributed by atoms with Gasteiger partial charge in [-0.25, -0.2) is 4.98 Å². The molecule has 0 fully saturated rings. The van der Waals surface area contributed by atoms with Gasteiger partial charge in [-0.1, -0.05) is 23.7 Å². The molecule has 25 heavy (non-hydrogen) atoms. The van der Waals surface area contributed by atoms with Crippen LogP contribution in [-0.2, 0) is 6.42 Å². The number of primary amides is 1. The van der Waals surface area contributed by atoms with Crippen molar-refractivity contribution in [3.05, 3.63) is 58.9 Å². The summed E-state index contributed by atoms with van der Waals surface area (Å²) in [5.41, 5.74) is 5.52. The molecule has 1 aromatic carbocycles. The second kappa shape index (κ2) is 6.33. The number of benzene rings is 1. The molecule has 4 nitrogen and oxygen atoms in total. The first-order valence-electron chi connectivity index (χ1n) is 7.16. The molecule has 0 saturated carbocycles. The van der Waals surface area contributed by atoms with E-state index in [1.165, 1.54) is 24.4 Å². The van der Waals surface area contributed by atoms with Gasteiger partial charge in [0.25, 0.3) is 5.91 Å². The molecule has 0 radical (unpaired) electrons. The summed E-state index contributed by atoms with van der Waals surface area (Å²) < 4.78 is 39.0. The number of amides is 1. The molecular weight excluding hydrogens is 355 g/mol. The molecule has 0 aliphatic carbocycles. The Morgan fingerprint density at radius 1 is 1.20 bits per heavy atom. The molecule has 1 amide bonds. The van der Waals surface area contributed by atoms with Gasteiger partial charge >= 0.3 is 6.18 Å². The number of para-hydroxylation sites is 1. The molecule has 3 aromatic rings. The third-order valence-corrected chi connectivity index (χ3v) is 3.87. The van der Waals surface area contributed by atoms with E-state index >= 15 is 0 Å². The van der Waals surface area contributed by atoms with Crippen LogP contribution in [0.5, 0.6) is 0 Å². The lowest BCUT2D eigenvalue weighted by atomic mass is 9.99. The lowest BCUT2D eigenvalue weighted by Crippen LogP contribution is -2.16. The number of halogens is 4. The van der Waals surface area contributed by atoms with Crippen molar-refractivity contribution >= 4 is 28.4 Å². The van der Waals surface area contributed by atoms with Crippen molar-refractivity contribution in [2.45, 2.75) is 12.6 Å². The van der Waals surface area contributed by atoms with E-state index in [9.17, 15) is 18.0 Å². The number of nitrogens with two attached hydrogens (primary N) is 1. The summed E-state index contributed by atoms with van der Waals surface area (Å²) in [5.74, 6) is -0.852. The Morgan fingerprint density at radius 2 is 1.96 bits per heavy atom. The number of carbonyl (C=O) groups is 1. The standard InChI is InChI=1S/C17H11ClF3N3O/c18-12-5-1-3-9-7-10(8-17(19,20)21)13(24-14(9)12)11-4-2-6-23-15(11)16(22)25/h1-7H,8H2,(H2,22,25). The zero-order chi connectivity index (χ0) is 18.2. The van der Waals surface area contributed by atoms with Crippen molar-refractivity contribution in [3.63, 3.8) is 0 Å². The van der Waals surface area contributed by atoms with Gasteiger partial charge in [-0.05, 0) is 29.8 Å². The number of hydrogen-bond acceptors (Lipinski definition) is 3. The summed E-state index contributed by atoms with van der Waals surface area (Å²) >= 11 is 6.11. The number of alkyl halides is 3. The van der Waals surface area contributed by atoms with E-state index in [0.717, 1.165) is 0 Å². The second-order valence-electron chi connectivity index (χ2n) is 5.36. The zero-order valence-corrected chi connectivity index (χ0v) is 13.4. The molecule has 0 saturated heterocycles. The molecule has 0 aliphatic heterocycles.